The van der Waals surface area contributed by atoms with Gasteiger partial charge in [0.2, 0.25) is 11.8 Å². The zero-order valence-corrected chi connectivity index (χ0v) is 17.8. The average Bonchev–Trinajstić information content (AvgIpc) is 3.40. The molecule has 0 spiro atoms. The largest absolute Gasteiger partial charge is 0.459 e. The summed E-state index contributed by atoms with van der Waals surface area (Å²) >= 11 is 1.21. The van der Waals surface area contributed by atoms with Gasteiger partial charge in [-0.25, -0.2) is 4.98 Å². The van der Waals surface area contributed by atoms with Crippen molar-refractivity contribution in [1.82, 2.24) is 15.2 Å². The van der Waals surface area contributed by atoms with Crippen LogP contribution >= 0.6 is 11.3 Å². The first kappa shape index (κ1) is 23.5. The molecule has 0 bridgehead atoms. The maximum atomic E-state index is 12.5. The van der Waals surface area contributed by atoms with Crippen LogP contribution in [-0.2, 0) is 25.5 Å². The molecular weight excluding hydrogens is 412 g/mol. The van der Waals surface area contributed by atoms with Crippen molar-refractivity contribution in [2.45, 2.75) is 12.8 Å². The number of aromatic nitrogens is 1. The number of anilines is 1. The summed E-state index contributed by atoms with van der Waals surface area (Å²) in [6.07, 6.45) is 2.25. The summed E-state index contributed by atoms with van der Waals surface area (Å²) in [4.78, 5) is 42.4. The molecule has 0 aliphatic heterocycles. The van der Waals surface area contributed by atoms with Crippen LogP contribution in [0.5, 0.6) is 0 Å². The SMILES string of the molecule is COCCCNC(=O)Cc1csc(NC(=O)CN(CCOC)C(=O)c2ccco2)n1. The number of furan rings is 1. The van der Waals surface area contributed by atoms with E-state index in [0.717, 1.165) is 6.42 Å². The minimum Gasteiger partial charge on any atom is -0.459 e. The third kappa shape index (κ3) is 7.93. The number of amides is 3. The molecule has 0 saturated heterocycles. The van der Waals surface area contributed by atoms with E-state index in [4.69, 9.17) is 13.9 Å². The van der Waals surface area contributed by atoms with Gasteiger partial charge in [-0.3, -0.25) is 14.4 Å². The summed E-state index contributed by atoms with van der Waals surface area (Å²) in [6.45, 7) is 1.44. The van der Waals surface area contributed by atoms with Crippen LogP contribution in [0.3, 0.4) is 0 Å². The number of carbonyl (C=O) groups is 3. The van der Waals surface area contributed by atoms with Crippen LogP contribution in [0.2, 0.25) is 0 Å². The fourth-order valence-electron chi connectivity index (χ4n) is 2.46. The van der Waals surface area contributed by atoms with E-state index in [1.165, 1.54) is 35.7 Å². The Hall–Kier alpha value is -2.76. The Labute approximate surface area is 178 Å². The Morgan fingerprint density at radius 2 is 2.00 bits per heavy atom. The standard InChI is InChI=1S/C19H26N4O6S/c1-27-8-4-6-20-16(24)11-14-13-30-19(21-14)22-17(25)12-23(7-10-28-2)18(26)15-5-3-9-29-15/h3,5,9,13H,4,6-8,10-12H2,1-2H3,(H,20,24)(H,21,22,25). The second kappa shape index (κ2) is 12.7. The minimum absolute atomic E-state index is 0.121. The number of rotatable bonds is 13. The Morgan fingerprint density at radius 3 is 2.70 bits per heavy atom. The smallest absolute Gasteiger partial charge is 0.290 e. The minimum atomic E-state index is -0.407. The molecule has 10 nitrogen and oxygen atoms in total. The maximum Gasteiger partial charge on any atom is 0.290 e. The molecule has 0 aliphatic carbocycles. The molecule has 2 aromatic rings. The fourth-order valence-corrected chi connectivity index (χ4v) is 3.19. The summed E-state index contributed by atoms with van der Waals surface area (Å²) in [6, 6.07) is 3.14. The summed E-state index contributed by atoms with van der Waals surface area (Å²) < 4.78 is 15.1. The van der Waals surface area contributed by atoms with E-state index in [1.54, 1.807) is 18.6 Å². The molecule has 0 atom stereocenters. The van der Waals surface area contributed by atoms with Gasteiger partial charge in [0.1, 0.15) is 6.54 Å². The highest BCUT2D eigenvalue weighted by Crippen LogP contribution is 2.16. The van der Waals surface area contributed by atoms with Crippen LogP contribution in [0, 0.1) is 0 Å². The Balaban J connectivity index is 1.85. The number of hydrogen-bond donors (Lipinski definition) is 2. The van der Waals surface area contributed by atoms with Gasteiger partial charge in [0, 0.05) is 39.3 Å². The number of thiazole rings is 1. The number of nitrogens with zero attached hydrogens (tertiary/aromatic N) is 2. The van der Waals surface area contributed by atoms with Crippen LogP contribution in [0.4, 0.5) is 5.13 Å². The van der Waals surface area contributed by atoms with Gasteiger partial charge in [-0.15, -0.1) is 11.3 Å². The molecule has 2 aromatic heterocycles. The van der Waals surface area contributed by atoms with Crippen molar-refractivity contribution < 1.29 is 28.3 Å². The Morgan fingerprint density at radius 1 is 1.20 bits per heavy atom. The van der Waals surface area contributed by atoms with E-state index in [9.17, 15) is 14.4 Å². The van der Waals surface area contributed by atoms with E-state index in [1.807, 2.05) is 0 Å². The summed E-state index contributed by atoms with van der Waals surface area (Å²) in [7, 11) is 3.12. The van der Waals surface area contributed by atoms with Gasteiger partial charge in [0.15, 0.2) is 10.9 Å². The monoisotopic (exact) mass is 438 g/mol. The van der Waals surface area contributed by atoms with Crippen LogP contribution in [-0.4, -0.2) is 74.7 Å². The van der Waals surface area contributed by atoms with Crippen molar-refractivity contribution >= 4 is 34.2 Å². The zero-order valence-electron chi connectivity index (χ0n) is 17.0. The topological polar surface area (TPSA) is 123 Å². The third-order valence-corrected chi connectivity index (χ3v) is 4.71. The molecule has 0 unspecified atom stereocenters. The van der Waals surface area contributed by atoms with Gasteiger partial charge < -0.3 is 29.4 Å². The van der Waals surface area contributed by atoms with Crippen LogP contribution < -0.4 is 10.6 Å². The van der Waals surface area contributed by atoms with E-state index in [2.05, 4.69) is 15.6 Å². The van der Waals surface area contributed by atoms with Crippen molar-refractivity contribution in [3.63, 3.8) is 0 Å². The number of hydrogen-bond acceptors (Lipinski definition) is 8. The molecular formula is C19H26N4O6S. The van der Waals surface area contributed by atoms with Crippen molar-refractivity contribution in [3.05, 3.63) is 35.2 Å². The van der Waals surface area contributed by atoms with E-state index >= 15 is 0 Å². The van der Waals surface area contributed by atoms with Crippen molar-refractivity contribution in [2.75, 3.05) is 52.4 Å². The van der Waals surface area contributed by atoms with Gasteiger partial charge in [-0.1, -0.05) is 0 Å². The van der Waals surface area contributed by atoms with Crippen molar-refractivity contribution in [1.29, 1.82) is 0 Å². The molecule has 2 heterocycles. The number of ether oxygens (including phenoxy) is 2. The quantitative estimate of drug-likeness (QED) is 0.450. The highest BCUT2D eigenvalue weighted by Gasteiger charge is 2.21. The molecule has 0 aliphatic rings. The first-order valence-electron chi connectivity index (χ1n) is 9.35. The first-order chi connectivity index (χ1) is 14.5. The molecule has 11 heteroatoms. The van der Waals surface area contributed by atoms with E-state index in [-0.39, 0.29) is 37.8 Å². The molecule has 0 fully saturated rings. The van der Waals surface area contributed by atoms with Crippen LogP contribution in [0.15, 0.2) is 28.2 Å². The van der Waals surface area contributed by atoms with Crippen molar-refractivity contribution in [3.8, 4) is 0 Å². The van der Waals surface area contributed by atoms with Crippen molar-refractivity contribution in [2.24, 2.45) is 0 Å². The lowest BCUT2D eigenvalue weighted by molar-refractivity contribution is -0.120. The molecule has 164 valence electrons. The number of nitrogens with one attached hydrogen (secondary N) is 2. The third-order valence-electron chi connectivity index (χ3n) is 3.91. The van der Waals surface area contributed by atoms with Gasteiger partial charge in [0.05, 0.1) is 25.0 Å². The molecule has 0 radical (unpaired) electrons. The molecule has 2 rings (SSSR count). The van der Waals surface area contributed by atoms with Gasteiger partial charge >= 0.3 is 0 Å². The van der Waals surface area contributed by atoms with Crippen LogP contribution in [0.1, 0.15) is 22.7 Å². The highest BCUT2D eigenvalue weighted by molar-refractivity contribution is 7.13. The lowest BCUT2D eigenvalue weighted by atomic mass is 10.3. The summed E-state index contributed by atoms with van der Waals surface area (Å²) in [5.74, 6) is -0.816. The number of carbonyl (C=O) groups excluding carboxylic acids is 3. The van der Waals surface area contributed by atoms with Gasteiger partial charge in [0.25, 0.3) is 5.91 Å². The Kier molecular flexibility index (Phi) is 9.98. The summed E-state index contributed by atoms with van der Waals surface area (Å²) in [5, 5.41) is 7.51. The predicted molar refractivity (Wildman–Crippen MR) is 110 cm³/mol. The molecule has 3 amide bonds. The molecule has 0 aromatic carbocycles. The maximum absolute atomic E-state index is 12.5. The highest BCUT2D eigenvalue weighted by atomic mass is 32.1. The van der Waals surface area contributed by atoms with Gasteiger partial charge in [-0.2, -0.15) is 0 Å². The normalized spacial score (nSPS) is 10.6. The van der Waals surface area contributed by atoms with Crippen LogP contribution in [0.25, 0.3) is 0 Å². The lowest BCUT2D eigenvalue weighted by Gasteiger charge is -2.20. The second-order valence-corrected chi connectivity index (χ2v) is 7.12. The number of methoxy groups -OCH3 is 2. The van der Waals surface area contributed by atoms with Gasteiger partial charge in [-0.05, 0) is 18.6 Å². The first-order valence-corrected chi connectivity index (χ1v) is 10.2. The predicted octanol–water partition coefficient (Wildman–Crippen LogP) is 1.16. The lowest BCUT2D eigenvalue weighted by Crippen LogP contribution is -2.39. The molecule has 0 saturated carbocycles. The average molecular weight is 439 g/mol. The zero-order chi connectivity index (χ0) is 21.8. The molecule has 30 heavy (non-hydrogen) atoms. The Bertz CT molecular complexity index is 808. The fraction of sp³-hybridized carbons (Fsp3) is 0.474. The van der Waals surface area contributed by atoms with E-state index < -0.39 is 11.8 Å². The second-order valence-electron chi connectivity index (χ2n) is 6.26. The van der Waals surface area contributed by atoms with E-state index in [0.29, 0.717) is 24.0 Å². The molecule has 2 N–H and O–H groups in total. The summed E-state index contributed by atoms with van der Waals surface area (Å²) in [5.41, 5.74) is 0.558.